The molecule has 2 heterocycles. The van der Waals surface area contributed by atoms with Crippen LogP contribution in [0.25, 0.3) is 0 Å². The Balaban J connectivity index is 0.00000256. The summed E-state index contributed by atoms with van der Waals surface area (Å²) in [4.78, 5) is 29.6. The van der Waals surface area contributed by atoms with Crippen LogP contribution in [-0.4, -0.2) is 42.1 Å². The SMILES string of the molecule is CN(C)Cc1cc2c(o1)CN(C(=O)c1cccc(C(=O)c3ccccc3)c1)CC2.Cl. The molecule has 0 N–H and O–H groups in total. The van der Waals surface area contributed by atoms with Gasteiger partial charge in [0.2, 0.25) is 0 Å². The highest BCUT2D eigenvalue weighted by molar-refractivity contribution is 6.10. The van der Waals surface area contributed by atoms with Crippen molar-refractivity contribution in [2.24, 2.45) is 0 Å². The van der Waals surface area contributed by atoms with Gasteiger partial charge < -0.3 is 14.2 Å². The van der Waals surface area contributed by atoms with Crippen LogP contribution in [0.4, 0.5) is 0 Å². The molecule has 0 saturated carbocycles. The van der Waals surface area contributed by atoms with E-state index in [0.29, 0.717) is 29.8 Å². The van der Waals surface area contributed by atoms with Crippen molar-refractivity contribution in [2.45, 2.75) is 19.5 Å². The van der Waals surface area contributed by atoms with E-state index >= 15 is 0 Å². The van der Waals surface area contributed by atoms with Crippen molar-refractivity contribution in [2.75, 3.05) is 20.6 Å². The molecule has 4 rings (SSSR count). The molecular formula is C24H25ClN2O3. The number of benzene rings is 2. The Kier molecular flexibility index (Phi) is 6.75. The van der Waals surface area contributed by atoms with Gasteiger partial charge in [-0.1, -0.05) is 42.5 Å². The van der Waals surface area contributed by atoms with Crippen LogP contribution in [0.5, 0.6) is 0 Å². The summed E-state index contributed by atoms with van der Waals surface area (Å²) in [5.41, 5.74) is 2.84. The van der Waals surface area contributed by atoms with Gasteiger partial charge in [-0.15, -0.1) is 12.4 Å². The maximum absolute atomic E-state index is 13.1. The molecule has 156 valence electrons. The topological polar surface area (TPSA) is 53.8 Å². The molecule has 0 aliphatic carbocycles. The van der Waals surface area contributed by atoms with Crippen molar-refractivity contribution in [1.82, 2.24) is 9.80 Å². The normalized spacial score (nSPS) is 13.0. The Bertz CT molecular complexity index is 1040. The van der Waals surface area contributed by atoms with E-state index in [0.717, 1.165) is 24.5 Å². The van der Waals surface area contributed by atoms with Crippen LogP contribution in [0.2, 0.25) is 0 Å². The van der Waals surface area contributed by atoms with Gasteiger partial charge in [-0.2, -0.15) is 0 Å². The lowest BCUT2D eigenvalue weighted by Crippen LogP contribution is -2.35. The van der Waals surface area contributed by atoms with E-state index in [1.807, 2.05) is 32.3 Å². The average molecular weight is 425 g/mol. The first-order valence-electron chi connectivity index (χ1n) is 9.75. The number of hydrogen-bond acceptors (Lipinski definition) is 4. The third-order valence-electron chi connectivity index (χ3n) is 5.10. The van der Waals surface area contributed by atoms with Gasteiger partial charge in [-0.25, -0.2) is 0 Å². The van der Waals surface area contributed by atoms with Crippen molar-refractivity contribution in [3.05, 3.63) is 94.4 Å². The zero-order chi connectivity index (χ0) is 20.4. The van der Waals surface area contributed by atoms with E-state index in [1.165, 1.54) is 5.56 Å². The van der Waals surface area contributed by atoms with Gasteiger partial charge >= 0.3 is 0 Å². The number of halogens is 1. The van der Waals surface area contributed by atoms with Gasteiger partial charge in [0.1, 0.15) is 11.5 Å². The number of rotatable bonds is 5. The average Bonchev–Trinajstić information content (AvgIpc) is 3.14. The second kappa shape index (κ2) is 9.28. The van der Waals surface area contributed by atoms with Crippen LogP contribution in [0, 0.1) is 0 Å². The van der Waals surface area contributed by atoms with E-state index in [2.05, 4.69) is 11.0 Å². The van der Waals surface area contributed by atoms with Gasteiger partial charge in [-0.3, -0.25) is 9.59 Å². The molecule has 3 aromatic rings. The van der Waals surface area contributed by atoms with Gasteiger partial charge in [0.15, 0.2) is 5.78 Å². The summed E-state index contributed by atoms with van der Waals surface area (Å²) in [5, 5.41) is 0. The van der Waals surface area contributed by atoms with Gasteiger partial charge in [0.05, 0.1) is 13.1 Å². The van der Waals surface area contributed by atoms with Crippen molar-refractivity contribution in [3.8, 4) is 0 Å². The lowest BCUT2D eigenvalue weighted by Gasteiger charge is -2.26. The summed E-state index contributed by atoms with van der Waals surface area (Å²) in [7, 11) is 4.00. The third kappa shape index (κ3) is 4.64. The fourth-order valence-electron chi connectivity index (χ4n) is 3.68. The summed E-state index contributed by atoms with van der Waals surface area (Å²) in [6.45, 7) is 1.84. The van der Waals surface area contributed by atoms with Gasteiger partial charge in [-0.05, 0) is 44.3 Å². The predicted molar refractivity (Wildman–Crippen MR) is 118 cm³/mol. The first-order chi connectivity index (χ1) is 14.0. The van der Waals surface area contributed by atoms with E-state index in [9.17, 15) is 9.59 Å². The lowest BCUT2D eigenvalue weighted by molar-refractivity contribution is 0.0718. The van der Waals surface area contributed by atoms with Crippen molar-refractivity contribution in [3.63, 3.8) is 0 Å². The molecule has 0 spiro atoms. The predicted octanol–water partition coefficient (Wildman–Crippen LogP) is 4.19. The Morgan fingerprint density at radius 2 is 1.67 bits per heavy atom. The monoisotopic (exact) mass is 424 g/mol. The van der Waals surface area contributed by atoms with E-state index in [1.54, 1.807) is 41.3 Å². The molecular weight excluding hydrogens is 400 g/mol. The number of fused-ring (bicyclic) bond motifs is 1. The summed E-state index contributed by atoms with van der Waals surface area (Å²) in [6.07, 6.45) is 0.778. The molecule has 0 fully saturated rings. The smallest absolute Gasteiger partial charge is 0.254 e. The zero-order valence-electron chi connectivity index (χ0n) is 17.1. The summed E-state index contributed by atoms with van der Waals surface area (Å²) in [5.74, 6) is 1.62. The highest BCUT2D eigenvalue weighted by Crippen LogP contribution is 2.25. The molecule has 1 aliphatic rings. The number of amides is 1. The van der Waals surface area contributed by atoms with E-state index in [4.69, 9.17) is 4.42 Å². The molecule has 6 heteroatoms. The summed E-state index contributed by atoms with van der Waals surface area (Å²) in [6, 6.07) is 18.2. The fraction of sp³-hybridized carbons (Fsp3) is 0.250. The van der Waals surface area contributed by atoms with Crippen LogP contribution in [0.3, 0.4) is 0 Å². The second-order valence-corrected chi connectivity index (χ2v) is 7.65. The second-order valence-electron chi connectivity index (χ2n) is 7.65. The standard InChI is InChI=1S/C24H24N2O3.ClH/c1-25(2)15-21-14-18-11-12-26(16-22(18)29-21)24(28)20-10-6-9-19(13-20)23(27)17-7-4-3-5-8-17;/h3-10,13-14H,11-12,15-16H2,1-2H3;1H. The quantitative estimate of drug-likeness (QED) is 0.576. The molecule has 2 aromatic carbocycles. The van der Waals surface area contributed by atoms with Gasteiger partial charge in [0, 0.05) is 23.2 Å². The minimum absolute atomic E-state index is 0. The highest BCUT2D eigenvalue weighted by Gasteiger charge is 2.25. The van der Waals surface area contributed by atoms with E-state index in [-0.39, 0.29) is 24.1 Å². The number of hydrogen-bond donors (Lipinski definition) is 0. The van der Waals surface area contributed by atoms with Crippen LogP contribution >= 0.6 is 12.4 Å². The Morgan fingerprint density at radius 3 is 2.40 bits per heavy atom. The van der Waals surface area contributed by atoms with Crippen LogP contribution in [0.1, 0.15) is 43.4 Å². The minimum atomic E-state index is -0.0828. The number of carbonyl (C=O) groups excluding carboxylic acids is 2. The lowest BCUT2D eigenvalue weighted by atomic mass is 10.0. The van der Waals surface area contributed by atoms with E-state index < -0.39 is 0 Å². The summed E-state index contributed by atoms with van der Waals surface area (Å²) < 4.78 is 5.96. The first-order valence-corrected chi connectivity index (χ1v) is 9.75. The van der Waals surface area contributed by atoms with Crippen molar-refractivity contribution >= 4 is 24.1 Å². The summed E-state index contributed by atoms with van der Waals surface area (Å²) >= 11 is 0. The minimum Gasteiger partial charge on any atom is -0.463 e. The zero-order valence-corrected chi connectivity index (χ0v) is 17.9. The molecule has 0 bridgehead atoms. The Morgan fingerprint density at radius 1 is 0.967 bits per heavy atom. The Labute approximate surface area is 182 Å². The molecule has 0 unspecified atom stereocenters. The largest absolute Gasteiger partial charge is 0.463 e. The molecule has 1 aromatic heterocycles. The van der Waals surface area contributed by atoms with Crippen LogP contribution in [-0.2, 0) is 19.5 Å². The molecule has 0 saturated heterocycles. The first kappa shape index (κ1) is 21.8. The molecule has 1 amide bonds. The highest BCUT2D eigenvalue weighted by atomic mass is 35.5. The maximum atomic E-state index is 13.1. The number of furan rings is 1. The third-order valence-corrected chi connectivity index (χ3v) is 5.10. The number of carbonyl (C=O) groups is 2. The molecule has 0 atom stereocenters. The molecule has 30 heavy (non-hydrogen) atoms. The molecule has 0 radical (unpaired) electrons. The fourth-order valence-corrected chi connectivity index (χ4v) is 3.68. The van der Waals surface area contributed by atoms with Crippen molar-refractivity contribution in [1.29, 1.82) is 0 Å². The Hall–Kier alpha value is -2.89. The number of ketones is 1. The molecule has 5 nitrogen and oxygen atoms in total. The number of nitrogens with zero attached hydrogens (tertiary/aromatic N) is 2. The van der Waals surface area contributed by atoms with Crippen LogP contribution in [0.15, 0.2) is 65.1 Å². The van der Waals surface area contributed by atoms with Crippen LogP contribution < -0.4 is 0 Å². The van der Waals surface area contributed by atoms with Crippen molar-refractivity contribution < 1.29 is 14.0 Å². The molecule has 1 aliphatic heterocycles. The maximum Gasteiger partial charge on any atom is 0.254 e. The van der Waals surface area contributed by atoms with Gasteiger partial charge in [0.25, 0.3) is 5.91 Å².